The summed E-state index contributed by atoms with van der Waals surface area (Å²) in [7, 11) is 1.64. The number of hydrogen-bond donors (Lipinski definition) is 2. The highest BCUT2D eigenvalue weighted by molar-refractivity contribution is 5.81. The van der Waals surface area contributed by atoms with Gasteiger partial charge >= 0.3 is 5.69 Å². The van der Waals surface area contributed by atoms with E-state index in [0.29, 0.717) is 31.0 Å². The third kappa shape index (κ3) is 3.81. The minimum atomic E-state index is -0.669. The van der Waals surface area contributed by atoms with Crippen LogP contribution in [0.2, 0.25) is 0 Å². The minimum absolute atomic E-state index is 0.167. The van der Waals surface area contributed by atoms with Crippen LogP contribution in [0.4, 0.5) is 0 Å². The number of nitrogens with one attached hydrogen (secondary N) is 2. The number of ether oxygens (including phenoxy) is 1. The smallest absolute Gasteiger partial charge is 0.349 e. The molecule has 4 rings (SSSR count). The Labute approximate surface area is 172 Å². The number of aryl methyl sites for hydroxylation is 2. The number of aromatic nitrogens is 4. The SMILES string of the molecule is COc1ccc(CNCCn2c3nc(=O)[nH]c(=O)c-3nc3cc(C)c(C)cc32)cc1. The Kier molecular flexibility index (Phi) is 5.33. The Morgan fingerprint density at radius 3 is 2.53 bits per heavy atom. The van der Waals surface area contributed by atoms with Crippen LogP contribution < -0.4 is 21.3 Å². The summed E-state index contributed by atoms with van der Waals surface area (Å²) in [5, 5.41) is 3.40. The molecule has 2 aromatic carbocycles. The van der Waals surface area contributed by atoms with Gasteiger partial charge in [-0.05, 0) is 54.8 Å². The fourth-order valence-corrected chi connectivity index (χ4v) is 3.44. The molecule has 8 heteroatoms. The van der Waals surface area contributed by atoms with E-state index >= 15 is 0 Å². The van der Waals surface area contributed by atoms with Crippen molar-refractivity contribution in [2.24, 2.45) is 0 Å². The van der Waals surface area contributed by atoms with Crippen molar-refractivity contribution < 1.29 is 4.74 Å². The van der Waals surface area contributed by atoms with E-state index in [-0.39, 0.29) is 5.69 Å². The van der Waals surface area contributed by atoms with Crippen LogP contribution in [0.1, 0.15) is 16.7 Å². The highest BCUT2D eigenvalue weighted by Gasteiger charge is 2.19. The molecule has 2 N–H and O–H groups in total. The molecule has 0 spiro atoms. The third-order valence-electron chi connectivity index (χ3n) is 5.22. The normalized spacial score (nSPS) is 11.3. The zero-order chi connectivity index (χ0) is 21.3. The molecule has 0 unspecified atom stereocenters. The number of benzene rings is 2. The zero-order valence-corrected chi connectivity index (χ0v) is 17.2. The Hall–Kier alpha value is -3.52. The van der Waals surface area contributed by atoms with Gasteiger partial charge in [0.15, 0.2) is 11.5 Å². The van der Waals surface area contributed by atoms with Gasteiger partial charge < -0.3 is 14.6 Å². The summed E-state index contributed by atoms with van der Waals surface area (Å²) in [6, 6.07) is 11.8. The summed E-state index contributed by atoms with van der Waals surface area (Å²) in [6.07, 6.45) is 0. The first-order chi connectivity index (χ1) is 14.5. The largest absolute Gasteiger partial charge is 0.497 e. The molecule has 0 saturated carbocycles. The maximum atomic E-state index is 12.3. The van der Waals surface area contributed by atoms with Crippen LogP contribution in [0.15, 0.2) is 46.0 Å². The Morgan fingerprint density at radius 2 is 1.80 bits per heavy atom. The van der Waals surface area contributed by atoms with Crippen LogP contribution in [0, 0.1) is 13.8 Å². The van der Waals surface area contributed by atoms with Gasteiger partial charge in [0.05, 0.1) is 18.1 Å². The molecule has 0 radical (unpaired) electrons. The van der Waals surface area contributed by atoms with Crippen molar-refractivity contribution in [3.63, 3.8) is 0 Å². The lowest BCUT2D eigenvalue weighted by molar-refractivity contribution is 0.414. The topological polar surface area (TPSA) is 102 Å². The van der Waals surface area contributed by atoms with Crippen molar-refractivity contribution in [2.45, 2.75) is 26.9 Å². The van der Waals surface area contributed by atoms with Crippen molar-refractivity contribution in [3.05, 3.63) is 73.9 Å². The van der Waals surface area contributed by atoms with Gasteiger partial charge in [-0.15, -0.1) is 0 Å². The zero-order valence-electron chi connectivity index (χ0n) is 17.2. The summed E-state index contributed by atoms with van der Waals surface area (Å²) in [5.41, 5.74) is 3.84. The first-order valence-corrected chi connectivity index (χ1v) is 9.72. The Morgan fingerprint density at radius 1 is 1.07 bits per heavy atom. The number of fused-ring (bicyclic) bond motifs is 2. The lowest BCUT2D eigenvalue weighted by atomic mass is 10.1. The molecule has 2 aliphatic rings. The van der Waals surface area contributed by atoms with E-state index in [1.54, 1.807) is 7.11 Å². The predicted molar refractivity (Wildman–Crippen MR) is 115 cm³/mol. The molecule has 0 bridgehead atoms. The lowest BCUT2D eigenvalue weighted by Crippen LogP contribution is -2.30. The van der Waals surface area contributed by atoms with Crippen LogP contribution in [0.3, 0.4) is 0 Å². The van der Waals surface area contributed by atoms with Crippen molar-refractivity contribution in [1.29, 1.82) is 0 Å². The van der Waals surface area contributed by atoms with Crippen molar-refractivity contribution in [3.8, 4) is 17.3 Å². The molecule has 0 amide bonds. The van der Waals surface area contributed by atoms with Crippen LogP contribution in [0.5, 0.6) is 5.75 Å². The maximum Gasteiger partial charge on any atom is 0.349 e. The predicted octanol–water partition coefficient (Wildman–Crippen LogP) is 2.00. The van der Waals surface area contributed by atoms with Crippen molar-refractivity contribution >= 4 is 11.0 Å². The molecule has 154 valence electrons. The van der Waals surface area contributed by atoms with E-state index in [1.807, 2.05) is 54.8 Å². The molecule has 0 saturated heterocycles. The first-order valence-electron chi connectivity index (χ1n) is 9.72. The Bertz CT molecular complexity index is 1290. The molecule has 30 heavy (non-hydrogen) atoms. The monoisotopic (exact) mass is 405 g/mol. The second-order valence-electron chi connectivity index (χ2n) is 7.26. The summed E-state index contributed by atoms with van der Waals surface area (Å²) in [5.74, 6) is 1.12. The van der Waals surface area contributed by atoms with E-state index < -0.39 is 11.2 Å². The number of aromatic amines is 1. The Balaban J connectivity index is 1.65. The van der Waals surface area contributed by atoms with Gasteiger partial charge in [-0.25, -0.2) is 9.78 Å². The van der Waals surface area contributed by atoms with E-state index in [4.69, 9.17) is 4.74 Å². The lowest BCUT2D eigenvalue weighted by Gasteiger charge is -2.18. The van der Waals surface area contributed by atoms with Gasteiger partial charge in [-0.3, -0.25) is 9.78 Å². The highest BCUT2D eigenvalue weighted by Crippen LogP contribution is 2.23. The summed E-state index contributed by atoms with van der Waals surface area (Å²) >= 11 is 0. The van der Waals surface area contributed by atoms with E-state index in [9.17, 15) is 9.59 Å². The summed E-state index contributed by atoms with van der Waals surface area (Å²) in [4.78, 5) is 34.9. The van der Waals surface area contributed by atoms with E-state index in [1.165, 1.54) is 0 Å². The molecule has 0 atom stereocenters. The second-order valence-corrected chi connectivity index (χ2v) is 7.26. The average Bonchev–Trinajstić information content (AvgIpc) is 2.73. The molecule has 2 aromatic rings. The van der Waals surface area contributed by atoms with Gasteiger partial charge in [-0.2, -0.15) is 4.98 Å². The van der Waals surface area contributed by atoms with Crippen LogP contribution in [-0.4, -0.2) is 33.2 Å². The standard InChI is InChI=1S/C22H23N5O3/c1-13-10-17-18(11-14(13)2)27(20-19(24-17)21(28)26-22(29)25-20)9-8-23-12-15-4-6-16(30-3)7-5-15/h4-7,10-11,23H,8-9,12H2,1-3H3,(H,26,28,29). The average molecular weight is 405 g/mol. The molecule has 0 fully saturated rings. The molecule has 0 aliphatic carbocycles. The van der Waals surface area contributed by atoms with Crippen LogP contribution in [-0.2, 0) is 13.1 Å². The van der Waals surface area contributed by atoms with Gasteiger partial charge in [0, 0.05) is 19.6 Å². The minimum Gasteiger partial charge on any atom is -0.497 e. The molecular weight excluding hydrogens is 382 g/mol. The molecule has 0 aromatic heterocycles. The summed E-state index contributed by atoms with van der Waals surface area (Å²) in [6.45, 7) is 5.87. The fourth-order valence-electron chi connectivity index (χ4n) is 3.44. The van der Waals surface area contributed by atoms with Crippen molar-refractivity contribution in [2.75, 3.05) is 13.7 Å². The molecular formula is C22H23N5O3. The number of hydrogen-bond acceptors (Lipinski definition) is 6. The molecule has 2 heterocycles. The third-order valence-corrected chi connectivity index (χ3v) is 5.22. The highest BCUT2D eigenvalue weighted by atomic mass is 16.5. The maximum absolute atomic E-state index is 12.3. The van der Waals surface area contributed by atoms with Gasteiger partial charge in [-0.1, -0.05) is 12.1 Å². The number of methoxy groups -OCH3 is 1. The first kappa shape index (κ1) is 19.8. The molecule has 2 aliphatic heterocycles. The molecule has 8 nitrogen and oxygen atoms in total. The number of nitrogens with zero attached hydrogens (tertiary/aromatic N) is 3. The van der Waals surface area contributed by atoms with Gasteiger partial charge in [0.1, 0.15) is 5.75 Å². The van der Waals surface area contributed by atoms with Crippen molar-refractivity contribution in [1.82, 2.24) is 24.8 Å². The van der Waals surface area contributed by atoms with Crippen LogP contribution in [0.25, 0.3) is 22.6 Å². The number of rotatable bonds is 6. The van der Waals surface area contributed by atoms with Crippen LogP contribution >= 0.6 is 0 Å². The van der Waals surface area contributed by atoms with Gasteiger partial charge in [0.2, 0.25) is 0 Å². The summed E-state index contributed by atoms with van der Waals surface area (Å²) < 4.78 is 7.07. The quantitative estimate of drug-likeness (QED) is 0.376. The van der Waals surface area contributed by atoms with E-state index in [0.717, 1.165) is 28.0 Å². The fraction of sp³-hybridized carbons (Fsp3) is 0.273. The van der Waals surface area contributed by atoms with Gasteiger partial charge in [0.25, 0.3) is 5.56 Å². The number of H-pyrrole nitrogens is 1. The second kappa shape index (κ2) is 8.08. The van der Waals surface area contributed by atoms with E-state index in [2.05, 4.69) is 20.3 Å².